The third-order valence-corrected chi connectivity index (χ3v) is 5.75. The molecule has 0 radical (unpaired) electrons. The van der Waals surface area contributed by atoms with E-state index in [0.717, 1.165) is 12.1 Å². The van der Waals surface area contributed by atoms with E-state index in [1.807, 2.05) is 13.8 Å². The molecule has 0 aromatic heterocycles. The third-order valence-electron chi connectivity index (χ3n) is 5.75. The number of nitrogens with zero attached hydrogens (tertiary/aromatic N) is 2. The highest BCUT2D eigenvalue weighted by Crippen LogP contribution is 2.37. The van der Waals surface area contributed by atoms with Gasteiger partial charge in [0, 0.05) is 17.7 Å². The summed E-state index contributed by atoms with van der Waals surface area (Å²) in [5, 5.41) is 9.18. The van der Waals surface area contributed by atoms with E-state index in [9.17, 15) is 27.9 Å². The monoisotopic (exact) mass is 446 g/mol. The number of aliphatic imine (C=N–C) groups is 1. The van der Waals surface area contributed by atoms with Gasteiger partial charge in [-0.3, -0.25) is 14.6 Å². The summed E-state index contributed by atoms with van der Waals surface area (Å²) >= 11 is 0. The molecule has 32 heavy (non-hydrogen) atoms. The fourth-order valence-corrected chi connectivity index (χ4v) is 3.99. The lowest BCUT2D eigenvalue weighted by molar-refractivity contribution is -0.138. The predicted octanol–water partition coefficient (Wildman–Crippen LogP) is 5.17. The van der Waals surface area contributed by atoms with E-state index < -0.39 is 29.7 Å². The third kappa shape index (κ3) is 4.84. The summed E-state index contributed by atoms with van der Waals surface area (Å²) in [6.45, 7) is 3.71. The molecule has 1 N–H and O–H groups in total. The molecule has 2 aromatic carbocycles. The van der Waals surface area contributed by atoms with Crippen molar-refractivity contribution in [2.45, 2.75) is 45.3 Å². The minimum absolute atomic E-state index is 0.134. The van der Waals surface area contributed by atoms with Crippen LogP contribution in [0.5, 0.6) is 0 Å². The Bertz CT molecular complexity index is 1010. The number of halogens is 3. The molecule has 2 aromatic rings. The van der Waals surface area contributed by atoms with Gasteiger partial charge in [0.1, 0.15) is 6.04 Å². The van der Waals surface area contributed by atoms with Crippen molar-refractivity contribution in [3.63, 3.8) is 0 Å². The van der Waals surface area contributed by atoms with E-state index in [2.05, 4.69) is 0 Å². The number of anilines is 1. The van der Waals surface area contributed by atoms with Crippen molar-refractivity contribution >= 4 is 23.3 Å². The molecule has 170 valence electrons. The van der Waals surface area contributed by atoms with Gasteiger partial charge < -0.3 is 10.0 Å². The van der Waals surface area contributed by atoms with Crippen LogP contribution in [-0.2, 0) is 15.8 Å². The van der Waals surface area contributed by atoms with Gasteiger partial charge in [-0.15, -0.1) is 0 Å². The van der Waals surface area contributed by atoms with Crippen molar-refractivity contribution in [2.75, 3.05) is 11.4 Å². The number of carboxylic acid groups (broad SMARTS) is 1. The van der Waals surface area contributed by atoms with Gasteiger partial charge in [0.2, 0.25) is 0 Å². The molecule has 1 aliphatic rings. The molecule has 1 heterocycles. The molecule has 5 nitrogen and oxygen atoms in total. The number of hydrogen-bond donors (Lipinski definition) is 1. The van der Waals surface area contributed by atoms with Crippen LogP contribution >= 0.6 is 0 Å². The van der Waals surface area contributed by atoms with Crippen LogP contribution < -0.4 is 4.90 Å². The van der Waals surface area contributed by atoms with Crippen molar-refractivity contribution in [2.24, 2.45) is 10.9 Å². The van der Waals surface area contributed by atoms with Gasteiger partial charge >= 0.3 is 12.1 Å². The zero-order valence-electron chi connectivity index (χ0n) is 17.9. The van der Waals surface area contributed by atoms with Crippen LogP contribution in [0, 0.1) is 5.92 Å². The molecule has 3 rings (SSSR count). The van der Waals surface area contributed by atoms with Crippen LogP contribution in [0.1, 0.15) is 49.8 Å². The smallest absolute Gasteiger partial charge is 0.416 e. The fourth-order valence-electron chi connectivity index (χ4n) is 3.99. The van der Waals surface area contributed by atoms with Crippen LogP contribution in [-0.4, -0.2) is 35.3 Å². The van der Waals surface area contributed by atoms with Gasteiger partial charge in [-0.25, -0.2) is 0 Å². The number of aliphatic carboxylic acids is 1. The average Bonchev–Trinajstić information content (AvgIpc) is 2.87. The molecule has 1 amide bonds. The lowest BCUT2D eigenvalue weighted by atomic mass is 9.93. The second kappa shape index (κ2) is 9.54. The Morgan fingerprint density at radius 2 is 1.78 bits per heavy atom. The number of hydrogen-bond acceptors (Lipinski definition) is 3. The molecule has 0 saturated carbocycles. The molecular weight excluding hydrogens is 421 g/mol. The maximum absolute atomic E-state index is 13.5. The number of alkyl halides is 3. The Labute approximate surface area is 184 Å². The van der Waals surface area contributed by atoms with E-state index in [0.29, 0.717) is 24.1 Å². The summed E-state index contributed by atoms with van der Waals surface area (Å²) < 4.78 is 40.6. The van der Waals surface area contributed by atoms with Crippen molar-refractivity contribution in [3.8, 4) is 0 Å². The molecule has 0 fully saturated rings. The van der Waals surface area contributed by atoms with E-state index >= 15 is 0 Å². The van der Waals surface area contributed by atoms with Crippen LogP contribution in [0.25, 0.3) is 0 Å². The van der Waals surface area contributed by atoms with Gasteiger partial charge in [-0.1, -0.05) is 57.0 Å². The molecule has 0 saturated heterocycles. The molecule has 0 bridgehead atoms. The first-order valence-electron chi connectivity index (χ1n) is 10.5. The molecule has 1 aliphatic heterocycles. The Morgan fingerprint density at radius 1 is 1.12 bits per heavy atom. The van der Waals surface area contributed by atoms with Crippen molar-refractivity contribution in [1.29, 1.82) is 0 Å². The Hall–Kier alpha value is -3.16. The van der Waals surface area contributed by atoms with Gasteiger partial charge in [0.15, 0.2) is 0 Å². The van der Waals surface area contributed by atoms with Crippen LogP contribution in [0.4, 0.5) is 18.9 Å². The minimum Gasteiger partial charge on any atom is -0.481 e. The van der Waals surface area contributed by atoms with Gasteiger partial charge in [0.05, 0.1) is 23.4 Å². The number of rotatable bonds is 7. The maximum atomic E-state index is 13.5. The van der Waals surface area contributed by atoms with E-state index in [4.69, 9.17) is 4.99 Å². The number of carbonyl (C=O) groups is 2. The zero-order chi connectivity index (χ0) is 23.5. The first-order valence-corrected chi connectivity index (χ1v) is 10.5. The minimum atomic E-state index is -4.58. The fraction of sp³-hybridized carbons (Fsp3) is 0.375. The maximum Gasteiger partial charge on any atom is 0.416 e. The van der Waals surface area contributed by atoms with Crippen molar-refractivity contribution < 1.29 is 27.9 Å². The number of benzodiazepines with no additional fused rings is 1. The van der Waals surface area contributed by atoms with Crippen molar-refractivity contribution in [1.82, 2.24) is 0 Å². The van der Waals surface area contributed by atoms with Crippen LogP contribution in [0.3, 0.4) is 0 Å². The number of carbonyl (C=O) groups excluding carboxylic acids is 1. The number of carboxylic acids is 1. The van der Waals surface area contributed by atoms with Crippen LogP contribution in [0.2, 0.25) is 0 Å². The highest BCUT2D eigenvalue weighted by molar-refractivity contribution is 6.20. The number of amides is 1. The van der Waals surface area contributed by atoms with E-state index in [-0.39, 0.29) is 30.1 Å². The summed E-state index contributed by atoms with van der Waals surface area (Å²) in [6.07, 6.45) is -3.61. The summed E-state index contributed by atoms with van der Waals surface area (Å²) in [6, 6.07) is 11.1. The summed E-state index contributed by atoms with van der Waals surface area (Å²) in [5.74, 6) is -1.63. The molecule has 0 aliphatic carbocycles. The van der Waals surface area contributed by atoms with Crippen LogP contribution in [0.15, 0.2) is 53.5 Å². The highest BCUT2D eigenvalue weighted by atomic mass is 19.4. The quantitative estimate of drug-likeness (QED) is 0.638. The number of fused-ring (bicyclic) bond motifs is 1. The Morgan fingerprint density at radius 3 is 2.34 bits per heavy atom. The summed E-state index contributed by atoms with van der Waals surface area (Å²) in [4.78, 5) is 30.8. The largest absolute Gasteiger partial charge is 0.481 e. The second-order valence-electron chi connectivity index (χ2n) is 7.73. The first-order chi connectivity index (χ1) is 15.2. The lowest BCUT2D eigenvalue weighted by Gasteiger charge is -2.28. The van der Waals surface area contributed by atoms with E-state index in [1.165, 1.54) is 11.0 Å². The standard InChI is InChI=1S/C24H25F3N2O3/c1-3-15(4-2)22-23(32)29(13-12-20(30)31)19-11-10-17(24(25,26)27)14-18(19)21(28-22)16-8-6-5-7-9-16/h5-11,14-15,22H,3-4,12-13H2,1-2H3,(H,30,31). The molecule has 0 spiro atoms. The normalized spacial score (nSPS) is 16.6. The predicted molar refractivity (Wildman–Crippen MR) is 116 cm³/mol. The highest BCUT2D eigenvalue weighted by Gasteiger charge is 2.38. The van der Waals surface area contributed by atoms with Gasteiger partial charge in [-0.05, 0) is 24.1 Å². The molecule has 8 heteroatoms. The van der Waals surface area contributed by atoms with Crippen molar-refractivity contribution in [3.05, 3.63) is 65.2 Å². The lowest BCUT2D eigenvalue weighted by Crippen LogP contribution is -2.42. The molecular formula is C24H25F3N2O3. The Balaban J connectivity index is 2.29. The topological polar surface area (TPSA) is 70.0 Å². The SMILES string of the molecule is CCC(CC)C1N=C(c2ccccc2)c2cc(C(F)(F)F)ccc2N(CCC(=O)O)C1=O. The zero-order valence-corrected chi connectivity index (χ0v) is 17.9. The summed E-state index contributed by atoms with van der Waals surface area (Å²) in [7, 11) is 0. The number of benzene rings is 2. The van der Waals surface area contributed by atoms with Gasteiger partial charge in [-0.2, -0.15) is 13.2 Å². The second-order valence-corrected chi connectivity index (χ2v) is 7.73. The van der Waals surface area contributed by atoms with Gasteiger partial charge in [0.25, 0.3) is 5.91 Å². The summed E-state index contributed by atoms with van der Waals surface area (Å²) in [5.41, 5.74) is 0.441. The molecule has 1 unspecified atom stereocenters. The first kappa shape index (κ1) is 23.5. The average molecular weight is 446 g/mol. The Kier molecular flexibility index (Phi) is 7.01. The molecule has 1 atom stereocenters. The van der Waals surface area contributed by atoms with E-state index in [1.54, 1.807) is 30.3 Å².